The van der Waals surface area contributed by atoms with Crippen LogP contribution < -0.4 is 0 Å². The van der Waals surface area contributed by atoms with Crippen molar-refractivity contribution < 1.29 is 9.53 Å². The largest absolute Gasteiger partial charge is 0.452 e. The van der Waals surface area contributed by atoms with Gasteiger partial charge in [0.2, 0.25) is 0 Å². The van der Waals surface area contributed by atoms with Gasteiger partial charge >= 0.3 is 5.97 Å². The summed E-state index contributed by atoms with van der Waals surface area (Å²) in [6.07, 6.45) is 3.23. The normalized spacial score (nSPS) is 25.4. The number of hydrogen-bond acceptors (Lipinski definition) is 2. The van der Waals surface area contributed by atoms with Crippen LogP contribution in [0.25, 0.3) is 0 Å². The fourth-order valence-corrected chi connectivity index (χ4v) is 1.83. The highest BCUT2D eigenvalue weighted by Crippen LogP contribution is 2.26. The van der Waals surface area contributed by atoms with Gasteiger partial charge in [0.15, 0.2) is 0 Å². The van der Waals surface area contributed by atoms with Crippen molar-refractivity contribution in [2.24, 2.45) is 0 Å². The highest BCUT2D eigenvalue weighted by atomic mass is 127. The number of carbonyl (C=O) groups is 1. The standard InChI is InChI=1S/C8H9IO2/c1-8(2)6(5-9)3-4-7(10)11-8/h3-5H,1-2H3. The van der Waals surface area contributed by atoms with Gasteiger partial charge in [-0.15, -0.1) is 0 Å². The Hall–Kier alpha value is -0.320. The summed E-state index contributed by atoms with van der Waals surface area (Å²) in [6, 6.07) is 0. The molecule has 0 fully saturated rings. The first-order valence-electron chi connectivity index (χ1n) is 3.28. The van der Waals surface area contributed by atoms with Crippen LogP contribution in [0.5, 0.6) is 0 Å². The summed E-state index contributed by atoms with van der Waals surface area (Å²) in [7, 11) is 0. The van der Waals surface area contributed by atoms with Crippen molar-refractivity contribution >= 4 is 28.6 Å². The molecule has 0 radical (unpaired) electrons. The molecule has 0 bridgehead atoms. The number of halogens is 1. The summed E-state index contributed by atoms with van der Waals surface area (Å²) >= 11 is 2.13. The lowest BCUT2D eigenvalue weighted by molar-refractivity contribution is -0.147. The van der Waals surface area contributed by atoms with E-state index in [2.05, 4.69) is 22.6 Å². The lowest BCUT2D eigenvalue weighted by atomic mass is 9.97. The molecule has 0 N–H and O–H groups in total. The van der Waals surface area contributed by atoms with E-state index in [4.69, 9.17) is 4.74 Å². The third-order valence-electron chi connectivity index (χ3n) is 1.57. The van der Waals surface area contributed by atoms with Gasteiger partial charge in [0.05, 0.1) is 0 Å². The lowest BCUT2D eigenvalue weighted by Gasteiger charge is -2.28. The molecule has 0 aromatic heterocycles. The van der Waals surface area contributed by atoms with Crippen LogP contribution >= 0.6 is 22.6 Å². The molecule has 0 aliphatic carbocycles. The van der Waals surface area contributed by atoms with E-state index in [1.165, 1.54) is 6.08 Å². The molecular formula is C8H9IO2. The average molecular weight is 264 g/mol. The molecule has 1 aliphatic heterocycles. The van der Waals surface area contributed by atoms with E-state index in [0.717, 1.165) is 5.57 Å². The van der Waals surface area contributed by atoms with Crippen molar-refractivity contribution in [3.8, 4) is 0 Å². The Morgan fingerprint density at radius 2 is 2.18 bits per heavy atom. The summed E-state index contributed by atoms with van der Waals surface area (Å²) in [5, 5.41) is 0. The van der Waals surface area contributed by atoms with E-state index < -0.39 is 5.60 Å². The van der Waals surface area contributed by atoms with Gasteiger partial charge in [0, 0.05) is 11.6 Å². The van der Waals surface area contributed by atoms with Gasteiger partial charge in [-0.25, -0.2) is 4.79 Å². The molecule has 0 saturated heterocycles. The van der Waals surface area contributed by atoms with E-state index in [9.17, 15) is 4.79 Å². The number of esters is 1. The van der Waals surface area contributed by atoms with Crippen molar-refractivity contribution in [1.82, 2.24) is 0 Å². The minimum atomic E-state index is -0.465. The molecule has 60 valence electrons. The molecule has 0 amide bonds. The van der Waals surface area contributed by atoms with Crippen LogP contribution in [-0.4, -0.2) is 11.6 Å². The van der Waals surface area contributed by atoms with Crippen LogP contribution in [0.4, 0.5) is 0 Å². The summed E-state index contributed by atoms with van der Waals surface area (Å²) in [5.74, 6) is -0.267. The molecule has 0 spiro atoms. The Kier molecular flexibility index (Phi) is 2.37. The third-order valence-corrected chi connectivity index (χ3v) is 2.24. The van der Waals surface area contributed by atoms with Crippen molar-refractivity contribution in [1.29, 1.82) is 0 Å². The second kappa shape index (κ2) is 2.97. The molecular weight excluding hydrogens is 255 g/mol. The van der Waals surface area contributed by atoms with Gasteiger partial charge in [-0.05, 0) is 24.0 Å². The third kappa shape index (κ3) is 1.83. The zero-order chi connectivity index (χ0) is 8.48. The smallest absolute Gasteiger partial charge is 0.331 e. The zero-order valence-electron chi connectivity index (χ0n) is 6.43. The number of hydrogen-bond donors (Lipinski definition) is 0. The number of carbonyl (C=O) groups excluding carboxylic acids is 1. The molecule has 0 atom stereocenters. The Labute approximate surface area is 79.4 Å². The minimum absolute atomic E-state index is 0.267. The van der Waals surface area contributed by atoms with Crippen molar-refractivity contribution in [2.75, 3.05) is 0 Å². The Balaban J connectivity index is 2.99. The molecule has 0 aromatic rings. The van der Waals surface area contributed by atoms with Crippen LogP contribution in [-0.2, 0) is 9.53 Å². The van der Waals surface area contributed by atoms with Crippen LogP contribution in [0.3, 0.4) is 0 Å². The van der Waals surface area contributed by atoms with E-state index in [1.54, 1.807) is 6.08 Å². The summed E-state index contributed by atoms with van der Waals surface area (Å²) < 4.78 is 7.00. The molecule has 1 rings (SSSR count). The summed E-state index contributed by atoms with van der Waals surface area (Å²) in [6.45, 7) is 3.75. The first-order valence-corrected chi connectivity index (χ1v) is 4.53. The average Bonchev–Trinajstić information content (AvgIpc) is 1.85. The zero-order valence-corrected chi connectivity index (χ0v) is 8.58. The van der Waals surface area contributed by atoms with E-state index in [0.29, 0.717) is 0 Å². The minimum Gasteiger partial charge on any atom is -0.452 e. The van der Waals surface area contributed by atoms with Gasteiger partial charge < -0.3 is 4.74 Å². The van der Waals surface area contributed by atoms with Gasteiger partial charge in [-0.1, -0.05) is 22.6 Å². The second-order valence-electron chi connectivity index (χ2n) is 2.83. The van der Waals surface area contributed by atoms with Gasteiger partial charge in [0.1, 0.15) is 5.60 Å². The topological polar surface area (TPSA) is 26.3 Å². The van der Waals surface area contributed by atoms with E-state index in [-0.39, 0.29) is 5.97 Å². The van der Waals surface area contributed by atoms with Crippen LogP contribution in [0.2, 0.25) is 0 Å². The quantitative estimate of drug-likeness (QED) is 0.495. The van der Waals surface area contributed by atoms with Crippen LogP contribution in [0, 0.1) is 0 Å². The van der Waals surface area contributed by atoms with Crippen molar-refractivity contribution in [2.45, 2.75) is 19.4 Å². The summed E-state index contributed by atoms with van der Waals surface area (Å²) in [5.41, 5.74) is 0.560. The van der Waals surface area contributed by atoms with Gasteiger partial charge in [0.25, 0.3) is 0 Å². The van der Waals surface area contributed by atoms with Crippen molar-refractivity contribution in [3.05, 3.63) is 21.8 Å². The maximum absolute atomic E-state index is 10.8. The second-order valence-corrected chi connectivity index (χ2v) is 3.45. The molecule has 3 heteroatoms. The first-order chi connectivity index (χ1) is 5.06. The van der Waals surface area contributed by atoms with E-state index >= 15 is 0 Å². The first kappa shape index (κ1) is 8.77. The number of ether oxygens (including phenoxy) is 1. The predicted octanol–water partition coefficient (Wildman–Crippen LogP) is 2.20. The van der Waals surface area contributed by atoms with Crippen molar-refractivity contribution in [3.63, 3.8) is 0 Å². The molecule has 0 saturated carbocycles. The fraction of sp³-hybridized carbons (Fsp3) is 0.375. The molecule has 2 nitrogen and oxygen atoms in total. The highest BCUT2D eigenvalue weighted by Gasteiger charge is 2.28. The molecule has 0 aromatic carbocycles. The molecule has 1 aliphatic rings. The Morgan fingerprint density at radius 1 is 1.55 bits per heavy atom. The number of cyclic esters (lactones) is 1. The molecule has 1 heterocycles. The Morgan fingerprint density at radius 3 is 2.64 bits per heavy atom. The monoisotopic (exact) mass is 264 g/mol. The number of rotatable bonds is 0. The molecule has 0 unspecified atom stereocenters. The van der Waals surface area contributed by atoms with Crippen LogP contribution in [0.1, 0.15) is 13.8 Å². The fourth-order valence-electron chi connectivity index (χ4n) is 0.871. The highest BCUT2D eigenvalue weighted by molar-refractivity contribution is 14.1. The van der Waals surface area contributed by atoms with Gasteiger partial charge in [-0.3, -0.25) is 0 Å². The SMILES string of the molecule is CC1(C)OC(=O)C=CC1=CI. The van der Waals surface area contributed by atoms with E-state index in [1.807, 2.05) is 17.9 Å². The summed E-state index contributed by atoms with van der Waals surface area (Å²) in [4.78, 5) is 10.8. The van der Waals surface area contributed by atoms with Gasteiger partial charge in [-0.2, -0.15) is 0 Å². The predicted molar refractivity (Wildman–Crippen MR) is 51.4 cm³/mol. The molecule has 11 heavy (non-hydrogen) atoms. The Bertz CT molecular complexity index is 238. The lowest BCUT2D eigenvalue weighted by Crippen LogP contribution is -2.31. The maximum Gasteiger partial charge on any atom is 0.331 e. The maximum atomic E-state index is 10.8. The van der Waals surface area contributed by atoms with Crippen LogP contribution in [0.15, 0.2) is 21.8 Å².